The minimum atomic E-state index is -2.69. The highest BCUT2D eigenvalue weighted by molar-refractivity contribution is 5.97. The van der Waals surface area contributed by atoms with Crippen molar-refractivity contribution >= 4 is 16.7 Å². The molecule has 3 rings (SSSR count). The molecular weight excluding hydrogens is 390 g/mol. The number of halogens is 2. The summed E-state index contributed by atoms with van der Waals surface area (Å²) in [5.74, 6) is -2.33. The van der Waals surface area contributed by atoms with Gasteiger partial charge in [-0.15, -0.1) is 0 Å². The van der Waals surface area contributed by atoms with E-state index in [2.05, 4.69) is 15.3 Å². The molecule has 0 aliphatic rings. The summed E-state index contributed by atoms with van der Waals surface area (Å²) in [5, 5.41) is 11.7. The van der Waals surface area contributed by atoms with Gasteiger partial charge in [-0.2, -0.15) is 10.2 Å². The number of rotatable bonds is 8. The van der Waals surface area contributed by atoms with E-state index in [-0.39, 0.29) is 42.6 Å². The van der Waals surface area contributed by atoms with E-state index in [1.165, 1.54) is 0 Å². The zero-order valence-electron chi connectivity index (χ0n) is 18.2. The number of nitrogens with zero attached hydrogens (tertiary/aromatic N) is 4. The quantitative estimate of drug-likeness (QED) is 0.568. The van der Waals surface area contributed by atoms with Crippen LogP contribution in [0.5, 0.6) is 0 Å². The molecule has 1 atom stereocenters. The van der Waals surface area contributed by atoms with E-state index in [1.807, 2.05) is 20.8 Å². The fourth-order valence-corrected chi connectivity index (χ4v) is 3.65. The van der Waals surface area contributed by atoms with Gasteiger partial charge in [0, 0.05) is 43.4 Å². The largest absolute Gasteiger partial charge is 0.382 e. The SMILES string of the molecule is CCCC(F)(F)CCc1cc(-c2cn([C@@H](C)C(C)C)c(=O)c3c(N)n[nH]c23)nn1C. The van der Waals surface area contributed by atoms with E-state index >= 15 is 0 Å². The third-order valence-electron chi connectivity index (χ3n) is 5.80. The van der Waals surface area contributed by atoms with Gasteiger partial charge >= 0.3 is 0 Å². The number of aryl methyl sites for hydroxylation is 2. The first-order valence-electron chi connectivity index (χ1n) is 10.4. The van der Waals surface area contributed by atoms with E-state index in [0.717, 1.165) is 0 Å². The second-order valence-corrected chi connectivity index (χ2v) is 8.35. The van der Waals surface area contributed by atoms with E-state index < -0.39 is 5.92 Å². The molecule has 0 spiro atoms. The lowest BCUT2D eigenvalue weighted by molar-refractivity contribution is -0.0167. The number of anilines is 1. The lowest BCUT2D eigenvalue weighted by atomic mass is 10.0. The van der Waals surface area contributed by atoms with Crippen molar-refractivity contribution in [1.29, 1.82) is 0 Å². The Labute approximate surface area is 174 Å². The normalized spacial score (nSPS) is 13.5. The van der Waals surface area contributed by atoms with Crippen LogP contribution in [0.1, 0.15) is 58.7 Å². The number of aromatic nitrogens is 5. The lowest BCUT2D eigenvalue weighted by Gasteiger charge is -2.20. The first kappa shape index (κ1) is 22.0. The van der Waals surface area contributed by atoms with Crippen LogP contribution in [0.15, 0.2) is 17.1 Å². The molecule has 0 fully saturated rings. The molecule has 7 nitrogen and oxygen atoms in total. The molecular formula is C21H30F2N6O. The summed E-state index contributed by atoms with van der Waals surface area (Å²) in [7, 11) is 1.74. The molecule has 3 aromatic heterocycles. The summed E-state index contributed by atoms with van der Waals surface area (Å²) in [6.45, 7) is 7.80. The molecule has 0 aromatic carbocycles. The molecule has 0 unspecified atom stereocenters. The predicted octanol–water partition coefficient (Wildman–Crippen LogP) is 4.29. The predicted molar refractivity (Wildman–Crippen MR) is 115 cm³/mol. The summed E-state index contributed by atoms with van der Waals surface area (Å²) >= 11 is 0. The zero-order valence-corrected chi connectivity index (χ0v) is 18.2. The molecule has 3 N–H and O–H groups in total. The van der Waals surface area contributed by atoms with E-state index in [1.54, 1.807) is 35.5 Å². The van der Waals surface area contributed by atoms with Crippen molar-refractivity contribution in [3.05, 3.63) is 28.3 Å². The Morgan fingerprint density at radius 1 is 1.27 bits per heavy atom. The molecule has 30 heavy (non-hydrogen) atoms. The summed E-state index contributed by atoms with van der Waals surface area (Å²) in [6.07, 6.45) is 2.07. The molecule has 0 aliphatic heterocycles. The second-order valence-electron chi connectivity index (χ2n) is 8.35. The van der Waals surface area contributed by atoms with Crippen LogP contribution in [0.3, 0.4) is 0 Å². The smallest absolute Gasteiger partial charge is 0.264 e. The van der Waals surface area contributed by atoms with Crippen LogP contribution in [0.25, 0.3) is 22.2 Å². The third kappa shape index (κ3) is 4.11. The van der Waals surface area contributed by atoms with Crippen molar-refractivity contribution in [1.82, 2.24) is 24.5 Å². The Kier molecular flexibility index (Phi) is 6.01. The van der Waals surface area contributed by atoms with Crippen LogP contribution in [0.2, 0.25) is 0 Å². The van der Waals surface area contributed by atoms with Gasteiger partial charge in [-0.3, -0.25) is 14.6 Å². The number of hydrogen-bond acceptors (Lipinski definition) is 4. The van der Waals surface area contributed by atoms with Gasteiger partial charge in [0.05, 0.1) is 11.2 Å². The van der Waals surface area contributed by atoms with Crippen molar-refractivity contribution in [2.24, 2.45) is 13.0 Å². The highest BCUT2D eigenvalue weighted by Crippen LogP contribution is 2.31. The monoisotopic (exact) mass is 420 g/mol. The van der Waals surface area contributed by atoms with Gasteiger partial charge in [-0.05, 0) is 25.3 Å². The highest BCUT2D eigenvalue weighted by atomic mass is 19.3. The van der Waals surface area contributed by atoms with Crippen LogP contribution >= 0.6 is 0 Å². The minimum absolute atomic E-state index is 0.0640. The summed E-state index contributed by atoms with van der Waals surface area (Å²) in [4.78, 5) is 13.0. The number of alkyl halides is 2. The molecule has 0 saturated carbocycles. The molecule has 3 aromatic rings. The standard InChI is InChI=1S/C21H30F2N6O/c1-6-8-21(22,23)9-7-14-10-16(27-28(14)5)15-11-29(13(4)12(2)3)20(30)17-18(15)25-26-19(17)24/h10-13H,6-9H2,1-5H3,(H3,24,25,26)/t13-/m0/s1. The maximum atomic E-state index is 13.9. The number of aromatic amines is 1. The Bertz CT molecular complexity index is 1100. The fraction of sp³-hybridized carbons (Fsp3) is 0.571. The van der Waals surface area contributed by atoms with E-state index in [4.69, 9.17) is 5.73 Å². The van der Waals surface area contributed by atoms with Crippen LogP contribution in [-0.4, -0.2) is 30.5 Å². The van der Waals surface area contributed by atoms with Gasteiger partial charge in [-0.1, -0.05) is 27.2 Å². The molecule has 3 heterocycles. The highest BCUT2D eigenvalue weighted by Gasteiger charge is 2.28. The van der Waals surface area contributed by atoms with Crippen LogP contribution in [0.4, 0.5) is 14.6 Å². The zero-order chi connectivity index (χ0) is 22.2. The van der Waals surface area contributed by atoms with Gasteiger partial charge in [0.1, 0.15) is 5.39 Å². The molecule has 164 valence electrons. The molecule has 0 radical (unpaired) electrons. The summed E-state index contributed by atoms with van der Waals surface area (Å²) in [5.41, 5.74) is 8.22. The number of hydrogen-bond donors (Lipinski definition) is 2. The Hall–Kier alpha value is -2.71. The Morgan fingerprint density at radius 3 is 2.60 bits per heavy atom. The topological polar surface area (TPSA) is 94.5 Å². The molecule has 0 bridgehead atoms. The number of H-pyrrole nitrogens is 1. The third-order valence-corrected chi connectivity index (χ3v) is 5.80. The number of fused-ring (bicyclic) bond motifs is 1. The summed E-state index contributed by atoms with van der Waals surface area (Å²) < 4.78 is 31.2. The lowest BCUT2D eigenvalue weighted by Crippen LogP contribution is -2.26. The Morgan fingerprint density at radius 2 is 1.97 bits per heavy atom. The first-order chi connectivity index (χ1) is 14.1. The Balaban J connectivity index is 2.07. The van der Waals surface area contributed by atoms with Crippen molar-refractivity contribution in [2.75, 3.05) is 5.73 Å². The average molecular weight is 421 g/mol. The van der Waals surface area contributed by atoms with E-state index in [9.17, 15) is 13.6 Å². The maximum Gasteiger partial charge on any atom is 0.264 e. The van der Waals surface area contributed by atoms with Crippen molar-refractivity contribution in [3.63, 3.8) is 0 Å². The van der Waals surface area contributed by atoms with Crippen molar-refractivity contribution in [3.8, 4) is 11.3 Å². The molecule has 0 aliphatic carbocycles. The van der Waals surface area contributed by atoms with Gasteiger partial charge in [-0.25, -0.2) is 8.78 Å². The minimum Gasteiger partial charge on any atom is -0.382 e. The van der Waals surface area contributed by atoms with Crippen LogP contribution < -0.4 is 11.3 Å². The molecule has 0 saturated heterocycles. The van der Waals surface area contributed by atoms with E-state index in [0.29, 0.717) is 34.3 Å². The van der Waals surface area contributed by atoms with Crippen molar-refractivity contribution in [2.45, 2.75) is 65.3 Å². The fourth-order valence-electron chi connectivity index (χ4n) is 3.65. The van der Waals surface area contributed by atoms with Gasteiger partial charge in [0.2, 0.25) is 5.92 Å². The average Bonchev–Trinajstić information content (AvgIpc) is 3.23. The van der Waals surface area contributed by atoms with Gasteiger partial charge in [0.15, 0.2) is 5.82 Å². The first-order valence-corrected chi connectivity index (χ1v) is 10.4. The number of pyridine rings is 1. The molecule has 9 heteroatoms. The molecule has 0 amide bonds. The number of nitrogens with two attached hydrogens (primary N) is 1. The van der Waals surface area contributed by atoms with Gasteiger partial charge < -0.3 is 10.3 Å². The number of nitrogens with one attached hydrogen (secondary N) is 1. The van der Waals surface area contributed by atoms with Crippen molar-refractivity contribution < 1.29 is 8.78 Å². The maximum absolute atomic E-state index is 13.9. The van der Waals surface area contributed by atoms with Crippen LogP contribution in [-0.2, 0) is 13.5 Å². The summed E-state index contributed by atoms with van der Waals surface area (Å²) in [6, 6.07) is 1.73. The van der Waals surface area contributed by atoms with Crippen LogP contribution in [0, 0.1) is 5.92 Å². The van der Waals surface area contributed by atoms with Gasteiger partial charge in [0.25, 0.3) is 5.56 Å². The number of nitrogen functional groups attached to an aromatic ring is 1. The second kappa shape index (κ2) is 8.20.